The number of carbonyl (C=O) groups is 1. The lowest BCUT2D eigenvalue weighted by molar-refractivity contribution is 0.0951. The zero-order chi connectivity index (χ0) is 26.3. The van der Waals surface area contributed by atoms with Crippen molar-refractivity contribution in [3.8, 4) is 5.75 Å². The Hall–Kier alpha value is -3.56. The number of rotatable bonds is 10. The molecule has 0 atom stereocenters. The van der Waals surface area contributed by atoms with Crippen molar-refractivity contribution in [2.24, 2.45) is 0 Å². The summed E-state index contributed by atoms with van der Waals surface area (Å²) in [7, 11) is -3.57. The number of anilines is 2. The van der Waals surface area contributed by atoms with E-state index >= 15 is 0 Å². The van der Waals surface area contributed by atoms with Gasteiger partial charge in [0.1, 0.15) is 5.75 Å². The molecule has 0 aliphatic carbocycles. The second-order valence-corrected chi connectivity index (χ2v) is 10.7. The Morgan fingerprint density at radius 1 is 0.973 bits per heavy atom. The van der Waals surface area contributed by atoms with E-state index in [1.807, 2.05) is 19.1 Å². The molecule has 3 aromatic carbocycles. The van der Waals surface area contributed by atoms with Crippen LogP contribution < -0.4 is 19.3 Å². The van der Waals surface area contributed by atoms with Crippen LogP contribution in [0.15, 0.2) is 72.8 Å². The first-order valence-electron chi connectivity index (χ1n) is 12.3. The monoisotopic (exact) mass is 523 g/mol. The number of ether oxygens (including phenoxy) is 2. The van der Waals surface area contributed by atoms with Gasteiger partial charge >= 0.3 is 0 Å². The van der Waals surface area contributed by atoms with Gasteiger partial charge in [-0.2, -0.15) is 0 Å². The van der Waals surface area contributed by atoms with Crippen molar-refractivity contribution < 1.29 is 22.7 Å². The van der Waals surface area contributed by atoms with Crippen LogP contribution in [-0.4, -0.2) is 53.5 Å². The molecule has 1 fully saturated rings. The van der Waals surface area contributed by atoms with Crippen molar-refractivity contribution in [2.75, 3.05) is 48.4 Å². The normalized spacial score (nSPS) is 13.7. The summed E-state index contributed by atoms with van der Waals surface area (Å²) in [5, 5.41) is 2.95. The van der Waals surface area contributed by atoms with E-state index in [4.69, 9.17) is 9.47 Å². The van der Waals surface area contributed by atoms with E-state index in [0.717, 1.165) is 43.1 Å². The van der Waals surface area contributed by atoms with Gasteiger partial charge in [-0.25, -0.2) is 8.42 Å². The number of hydrogen-bond acceptors (Lipinski definition) is 6. The van der Waals surface area contributed by atoms with Crippen LogP contribution in [0.25, 0.3) is 0 Å². The Labute approximate surface area is 218 Å². The number of nitrogens with one attached hydrogen (secondary N) is 1. The molecule has 0 saturated carbocycles. The molecule has 1 heterocycles. The van der Waals surface area contributed by atoms with Crippen LogP contribution in [0.5, 0.6) is 5.75 Å². The predicted octanol–water partition coefficient (Wildman–Crippen LogP) is 3.82. The van der Waals surface area contributed by atoms with Gasteiger partial charge in [0, 0.05) is 30.9 Å². The first-order chi connectivity index (χ1) is 17.8. The smallest absolute Gasteiger partial charge is 0.251 e. The van der Waals surface area contributed by atoms with E-state index in [2.05, 4.69) is 22.3 Å². The van der Waals surface area contributed by atoms with Crippen molar-refractivity contribution in [3.63, 3.8) is 0 Å². The van der Waals surface area contributed by atoms with Crippen LogP contribution in [0.2, 0.25) is 0 Å². The molecule has 3 aromatic rings. The van der Waals surface area contributed by atoms with Crippen LogP contribution in [0.4, 0.5) is 11.4 Å². The van der Waals surface area contributed by atoms with E-state index in [0.29, 0.717) is 30.2 Å². The molecule has 9 heteroatoms. The molecule has 1 N–H and O–H groups in total. The van der Waals surface area contributed by atoms with Gasteiger partial charge in [0.25, 0.3) is 5.91 Å². The van der Waals surface area contributed by atoms with Crippen LogP contribution in [0, 0.1) is 0 Å². The summed E-state index contributed by atoms with van der Waals surface area (Å²) in [4.78, 5) is 15.0. The number of benzene rings is 3. The lowest BCUT2D eigenvalue weighted by atomic mass is 10.1. The summed E-state index contributed by atoms with van der Waals surface area (Å²) in [5.41, 5.74) is 3.91. The molecule has 1 saturated heterocycles. The Balaban J connectivity index is 1.38. The third kappa shape index (κ3) is 7.02. The minimum Gasteiger partial charge on any atom is -0.492 e. The number of sulfonamides is 1. The average molecular weight is 524 g/mol. The highest BCUT2D eigenvalue weighted by atomic mass is 32.2. The van der Waals surface area contributed by atoms with E-state index in [1.165, 1.54) is 10.6 Å². The molecule has 4 rings (SSSR count). The second-order valence-electron chi connectivity index (χ2n) is 8.82. The Morgan fingerprint density at radius 3 is 2.27 bits per heavy atom. The first-order valence-corrected chi connectivity index (χ1v) is 14.2. The topological polar surface area (TPSA) is 88.2 Å². The molecule has 0 unspecified atom stereocenters. The Morgan fingerprint density at radius 2 is 1.62 bits per heavy atom. The Kier molecular flexibility index (Phi) is 8.68. The van der Waals surface area contributed by atoms with Gasteiger partial charge < -0.3 is 19.7 Å². The molecule has 0 radical (unpaired) electrons. The summed E-state index contributed by atoms with van der Waals surface area (Å²) in [6.45, 7) is 6.07. The average Bonchev–Trinajstić information content (AvgIpc) is 2.91. The van der Waals surface area contributed by atoms with Gasteiger partial charge in [-0.1, -0.05) is 36.4 Å². The third-order valence-electron chi connectivity index (χ3n) is 6.14. The van der Waals surface area contributed by atoms with Gasteiger partial charge in [0.05, 0.1) is 38.3 Å². The van der Waals surface area contributed by atoms with Crippen molar-refractivity contribution in [3.05, 3.63) is 89.5 Å². The molecule has 1 aliphatic rings. The molecule has 0 spiro atoms. The van der Waals surface area contributed by atoms with Crippen molar-refractivity contribution in [1.29, 1.82) is 0 Å². The fourth-order valence-corrected chi connectivity index (χ4v) is 5.07. The van der Waals surface area contributed by atoms with E-state index in [1.54, 1.807) is 48.5 Å². The minimum absolute atomic E-state index is 0.125. The second kappa shape index (κ2) is 12.1. The van der Waals surface area contributed by atoms with Gasteiger partial charge in [-0.15, -0.1) is 0 Å². The van der Waals surface area contributed by atoms with Crippen molar-refractivity contribution >= 4 is 27.3 Å². The summed E-state index contributed by atoms with van der Waals surface area (Å²) >= 11 is 0. The molecule has 0 aromatic heterocycles. The number of para-hydroxylation sites is 2. The molecule has 1 amide bonds. The van der Waals surface area contributed by atoms with Crippen LogP contribution in [0.3, 0.4) is 0 Å². The molecule has 37 heavy (non-hydrogen) atoms. The quantitative estimate of drug-likeness (QED) is 0.435. The number of carbonyl (C=O) groups excluding carboxylic acids is 1. The number of hydrogen-bond donors (Lipinski definition) is 1. The molecular weight excluding hydrogens is 490 g/mol. The first kappa shape index (κ1) is 26.5. The Bertz CT molecular complexity index is 1290. The number of morpholine rings is 1. The fraction of sp³-hybridized carbons (Fsp3) is 0.321. The summed E-state index contributed by atoms with van der Waals surface area (Å²) in [5.74, 6) is 0.315. The van der Waals surface area contributed by atoms with E-state index in [9.17, 15) is 13.2 Å². The molecule has 1 aliphatic heterocycles. The lowest BCUT2D eigenvalue weighted by Crippen LogP contribution is -2.36. The van der Waals surface area contributed by atoms with Crippen LogP contribution >= 0.6 is 0 Å². The van der Waals surface area contributed by atoms with Gasteiger partial charge in [0.2, 0.25) is 10.0 Å². The SMILES string of the molecule is CCOc1ccccc1N(Cc1ccc(C(=O)NCc2ccc(N3CCOCC3)cc2)cc1)S(C)(=O)=O. The zero-order valence-electron chi connectivity index (χ0n) is 21.2. The minimum atomic E-state index is -3.57. The summed E-state index contributed by atoms with van der Waals surface area (Å²) in [6, 6.07) is 22.2. The zero-order valence-corrected chi connectivity index (χ0v) is 22.0. The van der Waals surface area contributed by atoms with Gasteiger partial charge in [-0.3, -0.25) is 9.10 Å². The summed E-state index contributed by atoms with van der Waals surface area (Å²) < 4.78 is 37.5. The maximum Gasteiger partial charge on any atom is 0.251 e. The lowest BCUT2D eigenvalue weighted by Gasteiger charge is -2.28. The standard InChI is InChI=1S/C28H33N3O5S/c1-3-36-27-7-5-4-6-26(27)31(37(2,33)34)21-23-8-12-24(13-9-23)28(32)29-20-22-10-14-25(15-11-22)30-16-18-35-19-17-30/h4-15H,3,16-21H2,1-2H3,(H,29,32). The maximum atomic E-state index is 12.7. The van der Waals surface area contributed by atoms with E-state index < -0.39 is 10.0 Å². The molecule has 8 nitrogen and oxygen atoms in total. The largest absolute Gasteiger partial charge is 0.492 e. The van der Waals surface area contributed by atoms with Crippen molar-refractivity contribution in [2.45, 2.75) is 20.0 Å². The van der Waals surface area contributed by atoms with E-state index in [-0.39, 0.29) is 12.5 Å². The maximum absolute atomic E-state index is 12.7. The molecule has 0 bridgehead atoms. The predicted molar refractivity (Wildman–Crippen MR) is 146 cm³/mol. The number of nitrogens with zero attached hydrogens (tertiary/aromatic N) is 2. The van der Waals surface area contributed by atoms with Gasteiger partial charge in [0.15, 0.2) is 0 Å². The van der Waals surface area contributed by atoms with Gasteiger partial charge in [-0.05, 0) is 54.4 Å². The summed E-state index contributed by atoms with van der Waals surface area (Å²) in [6.07, 6.45) is 1.17. The highest BCUT2D eigenvalue weighted by Gasteiger charge is 2.21. The van der Waals surface area contributed by atoms with Crippen LogP contribution in [0.1, 0.15) is 28.4 Å². The highest BCUT2D eigenvalue weighted by molar-refractivity contribution is 7.92. The molecule has 196 valence electrons. The third-order valence-corrected chi connectivity index (χ3v) is 7.27. The van der Waals surface area contributed by atoms with Crippen molar-refractivity contribution in [1.82, 2.24) is 5.32 Å². The van der Waals surface area contributed by atoms with Crippen LogP contribution in [-0.2, 0) is 27.8 Å². The number of amides is 1. The highest BCUT2D eigenvalue weighted by Crippen LogP contribution is 2.31. The molecular formula is C28H33N3O5S. The fourth-order valence-electron chi connectivity index (χ4n) is 4.18.